The molecule has 0 fully saturated rings. The first-order valence-corrected chi connectivity index (χ1v) is 10.5. The van der Waals surface area contributed by atoms with Crippen molar-refractivity contribution in [3.63, 3.8) is 0 Å². The summed E-state index contributed by atoms with van der Waals surface area (Å²) in [5, 5.41) is 3.36. The molecule has 0 unspecified atom stereocenters. The van der Waals surface area contributed by atoms with Gasteiger partial charge in [-0.05, 0) is 60.7 Å². The minimum absolute atomic E-state index is 0.202. The lowest BCUT2D eigenvalue weighted by Gasteiger charge is -2.18. The van der Waals surface area contributed by atoms with Gasteiger partial charge < -0.3 is 9.73 Å². The number of hydrogen-bond acceptors (Lipinski definition) is 4. The number of benzene rings is 3. The predicted molar refractivity (Wildman–Crippen MR) is 127 cm³/mol. The zero-order valence-corrected chi connectivity index (χ0v) is 17.9. The van der Waals surface area contributed by atoms with Gasteiger partial charge in [-0.2, -0.15) is 0 Å². The molecule has 1 aliphatic rings. The van der Waals surface area contributed by atoms with Crippen LogP contribution in [-0.4, -0.2) is 17.5 Å². The molecular weight excluding hydrogens is 438 g/mol. The van der Waals surface area contributed by atoms with Gasteiger partial charge >= 0.3 is 0 Å². The number of anilines is 1. The molecule has 5 rings (SSSR count). The maximum atomic E-state index is 12.8. The molecule has 0 saturated heterocycles. The Bertz CT molecular complexity index is 1450. The number of ketones is 2. The van der Waals surface area contributed by atoms with Gasteiger partial charge in [0.05, 0.1) is 0 Å². The number of hydrogen-bond donors (Lipinski definition) is 1. The van der Waals surface area contributed by atoms with Crippen LogP contribution in [0.3, 0.4) is 0 Å². The van der Waals surface area contributed by atoms with E-state index in [1.54, 1.807) is 60.7 Å². The van der Waals surface area contributed by atoms with Gasteiger partial charge in [-0.15, -0.1) is 0 Å². The lowest BCUT2D eigenvalue weighted by atomic mass is 9.84. The Morgan fingerprint density at radius 2 is 1.45 bits per heavy atom. The summed E-state index contributed by atoms with van der Waals surface area (Å²) < 4.78 is 5.75. The number of rotatable bonds is 4. The zero-order chi connectivity index (χ0) is 22.9. The van der Waals surface area contributed by atoms with Gasteiger partial charge in [0.25, 0.3) is 0 Å². The van der Waals surface area contributed by atoms with Crippen molar-refractivity contribution >= 4 is 40.8 Å². The van der Waals surface area contributed by atoms with Gasteiger partial charge in [-0.3, -0.25) is 14.4 Å². The molecule has 1 aliphatic carbocycles. The first-order valence-electron chi connectivity index (χ1n) is 10.2. The third kappa shape index (κ3) is 4.02. The zero-order valence-electron chi connectivity index (χ0n) is 17.2. The minimum atomic E-state index is -0.394. The normalized spacial score (nSPS) is 12.5. The fourth-order valence-electron chi connectivity index (χ4n) is 3.73. The Morgan fingerprint density at radius 3 is 2.18 bits per heavy atom. The van der Waals surface area contributed by atoms with Crippen LogP contribution in [0.25, 0.3) is 17.4 Å². The second-order valence-corrected chi connectivity index (χ2v) is 7.93. The average molecular weight is 454 g/mol. The van der Waals surface area contributed by atoms with E-state index in [2.05, 4.69) is 5.32 Å². The van der Waals surface area contributed by atoms with Crippen molar-refractivity contribution < 1.29 is 18.8 Å². The first kappa shape index (κ1) is 20.7. The van der Waals surface area contributed by atoms with Crippen LogP contribution >= 0.6 is 11.6 Å². The molecule has 6 heteroatoms. The van der Waals surface area contributed by atoms with E-state index in [-0.39, 0.29) is 17.1 Å². The van der Waals surface area contributed by atoms with E-state index in [4.69, 9.17) is 16.0 Å². The van der Waals surface area contributed by atoms with E-state index in [1.807, 2.05) is 18.2 Å². The Kier molecular flexibility index (Phi) is 5.24. The summed E-state index contributed by atoms with van der Waals surface area (Å²) in [6.07, 6.45) is 2.89. The third-order valence-electron chi connectivity index (χ3n) is 5.35. The fourth-order valence-corrected chi connectivity index (χ4v) is 3.86. The van der Waals surface area contributed by atoms with Crippen molar-refractivity contribution in [1.29, 1.82) is 0 Å². The van der Waals surface area contributed by atoms with Crippen molar-refractivity contribution in [3.8, 4) is 11.3 Å². The molecule has 5 nitrogen and oxygen atoms in total. The molecule has 4 aromatic rings. The summed E-state index contributed by atoms with van der Waals surface area (Å²) >= 11 is 5.91. The van der Waals surface area contributed by atoms with E-state index in [0.717, 1.165) is 5.56 Å². The Labute approximate surface area is 194 Å². The van der Waals surface area contributed by atoms with Crippen LogP contribution in [0.4, 0.5) is 5.69 Å². The number of fused-ring (bicyclic) bond motifs is 2. The Balaban J connectivity index is 1.31. The maximum Gasteiger partial charge on any atom is 0.248 e. The van der Waals surface area contributed by atoms with Gasteiger partial charge in [0, 0.05) is 44.6 Å². The molecule has 1 N–H and O–H groups in total. The van der Waals surface area contributed by atoms with E-state index >= 15 is 0 Å². The summed E-state index contributed by atoms with van der Waals surface area (Å²) in [6.45, 7) is 0. The molecule has 0 radical (unpaired) electrons. The molecule has 33 heavy (non-hydrogen) atoms. The molecule has 0 spiro atoms. The van der Waals surface area contributed by atoms with Gasteiger partial charge in [0.2, 0.25) is 5.91 Å². The number of carbonyl (C=O) groups excluding carboxylic acids is 3. The van der Waals surface area contributed by atoms with Crippen molar-refractivity contribution in [3.05, 3.63) is 118 Å². The van der Waals surface area contributed by atoms with Crippen LogP contribution in [0.5, 0.6) is 0 Å². The average Bonchev–Trinajstić information content (AvgIpc) is 3.31. The number of halogens is 1. The summed E-state index contributed by atoms with van der Waals surface area (Å²) in [5.41, 5.74) is 2.67. The van der Waals surface area contributed by atoms with Gasteiger partial charge in [0.1, 0.15) is 11.5 Å². The highest BCUT2D eigenvalue weighted by Crippen LogP contribution is 2.29. The molecule has 1 amide bonds. The number of furan rings is 1. The second-order valence-electron chi connectivity index (χ2n) is 7.50. The second kappa shape index (κ2) is 8.37. The van der Waals surface area contributed by atoms with E-state index < -0.39 is 5.91 Å². The summed E-state index contributed by atoms with van der Waals surface area (Å²) in [4.78, 5) is 37.9. The third-order valence-corrected chi connectivity index (χ3v) is 5.60. The number of amides is 1. The first-order chi connectivity index (χ1) is 16.0. The quantitative estimate of drug-likeness (QED) is 0.337. The summed E-state index contributed by atoms with van der Waals surface area (Å²) in [5.74, 6) is 0.335. The monoisotopic (exact) mass is 453 g/mol. The van der Waals surface area contributed by atoms with Crippen LogP contribution in [0.1, 0.15) is 37.6 Å². The summed E-state index contributed by atoms with van der Waals surface area (Å²) in [6, 6.07) is 22.2. The van der Waals surface area contributed by atoms with Crippen molar-refractivity contribution in [2.75, 3.05) is 5.32 Å². The lowest BCUT2D eigenvalue weighted by molar-refractivity contribution is -0.111. The van der Waals surface area contributed by atoms with Crippen LogP contribution in [-0.2, 0) is 4.79 Å². The SMILES string of the molecule is O=C(C=Cc1ccc(-c2ccc(Cl)cc2)o1)Nc1ccc2c(c1)C(=O)c1ccccc1C2=O. The van der Waals surface area contributed by atoms with Crippen LogP contribution in [0.15, 0.2) is 89.4 Å². The Morgan fingerprint density at radius 1 is 0.788 bits per heavy atom. The summed E-state index contributed by atoms with van der Waals surface area (Å²) in [7, 11) is 0. The largest absolute Gasteiger partial charge is 0.457 e. The van der Waals surface area contributed by atoms with Gasteiger partial charge in [-0.25, -0.2) is 0 Å². The molecule has 160 valence electrons. The molecule has 3 aromatic carbocycles. The molecule has 1 aromatic heterocycles. The molecule has 0 bridgehead atoms. The number of nitrogens with one attached hydrogen (secondary N) is 1. The lowest BCUT2D eigenvalue weighted by Crippen LogP contribution is -2.21. The topological polar surface area (TPSA) is 76.4 Å². The molecular formula is C27H16ClNO4. The fraction of sp³-hybridized carbons (Fsp3) is 0. The smallest absolute Gasteiger partial charge is 0.248 e. The van der Waals surface area contributed by atoms with Crippen LogP contribution in [0.2, 0.25) is 5.02 Å². The Hall–Kier alpha value is -4.22. The van der Waals surface area contributed by atoms with Crippen LogP contribution in [0, 0.1) is 0 Å². The number of carbonyl (C=O) groups is 3. The highest BCUT2D eigenvalue weighted by atomic mass is 35.5. The van der Waals surface area contributed by atoms with E-state index in [9.17, 15) is 14.4 Å². The standard InChI is InChI=1S/C27H16ClNO4/c28-17-7-5-16(6-8-17)24-13-10-19(33-24)11-14-25(30)29-18-9-12-22-23(15-18)27(32)21-4-2-1-3-20(21)26(22)31/h1-15H,(H,29,30). The predicted octanol–water partition coefficient (Wildman–Crippen LogP) is 6.03. The molecule has 1 heterocycles. The highest BCUT2D eigenvalue weighted by Gasteiger charge is 2.29. The van der Waals surface area contributed by atoms with Gasteiger partial charge in [-0.1, -0.05) is 35.9 Å². The van der Waals surface area contributed by atoms with Crippen molar-refractivity contribution in [2.45, 2.75) is 0 Å². The maximum absolute atomic E-state index is 12.8. The minimum Gasteiger partial charge on any atom is -0.457 e. The van der Waals surface area contributed by atoms with Crippen molar-refractivity contribution in [2.24, 2.45) is 0 Å². The molecule has 0 aliphatic heterocycles. The van der Waals surface area contributed by atoms with Gasteiger partial charge in [0.15, 0.2) is 11.6 Å². The molecule has 0 atom stereocenters. The van der Waals surface area contributed by atoms with Crippen LogP contribution < -0.4 is 5.32 Å². The van der Waals surface area contributed by atoms with E-state index in [0.29, 0.717) is 38.9 Å². The highest BCUT2D eigenvalue weighted by molar-refractivity contribution is 6.30. The molecule has 0 saturated carbocycles. The van der Waals surface area contributed by atoms with Crippen molar-refractivity contribution in [1.82, 2.24) is 0 Å². The van der Waals surface area contributed by atoms with E-state index in [1.165, 1.54) is 12.1 Å².